The lowest BCUT2D eigenvalue weighted by Gasteiger charge is -2.07. The molecule has 0 heterocycles. The van der Waals surface area contributed by atoms with Crippen molar-refractivity contribution in [1.29, 1.82) is 0 Å². The highest BCUT2D eigenvalue weighted by molar-refractivity contribution is 6.32. The third kappa shape index (κ3) is 3.46. The smallest absolute Gasteiger partial charge is 0.400 e. The SMILES string of the molecule is COc1ccc(Cl)cc1/C(N)=N/OC(=O)C(C)=O. The quantitative estimate of drug-likeness (QED) is 0.291. The van der Waals surface area contributed by atoms with Gasteiger partial charge in [0.15, 0.2) is 5.84 Å². The molecule has 1 rings (SSSR count). The van der Waals surface area contributed by atoms with Gasteiger partial charge in [-0.25, -0.2) is 4.79 Å². The maximum absolute atomic E-state index is 10.9. The highest BCUT2D eigenvalue weighted by Crippen LogP contribution is 2.22. The molecule has 0 aliphatic carbocycles. The number of halogens is 1. The Labute approximate surface area is 108 Å². The van der Waals surface area contributed by atoms with E-state index < -0.39 is 11.8 Å². The van der Waals surface area contributed by atoms with Crippen LogP contribution in [-0.2, 0) is 14.4 Å². The fraction of sp³-hybridized carbons (Fsp3) is 0.182. The van der Waals surface area contributed by atoms with E-state index in [9.17, 15) is 9.59 Å². The molecule has 0 unspecified atom stereocenters. The topological polar surface area (TPSA) is 91.0 Å². The molecule has 1 aromatic carbocycles. The number of ether oxygens (including phenoxy) is 1. The van der Waals surface area contributed by atoms with Crippen molar-refractivity contribution in [2.75, 3.05) is 7.11 Å². The van der Waals surface area contributed by atoms with E-state index in [4.69, 9.17) is 22.1 Å². The number of methoxy groups -OCH3 is 1. The molecule has 0 spiro atoms. The largest absolute Gasteiger partial charge is 0.496 e. The second kappa shape index (κ2) is 6.02. The first-order chi connectivity index (χ1) is 8.45. The number of hydrogen-bond donors (Lipinski definition) is 1. The number of nitrogens with two attached hydrogens (primary N) is 1. The van der Waals surface area contributed by atoms with E-state index in [0.717, 1.165) is 6.92 Å². The first-order valence-corrected chi connectivity index (χ1v) is 5.22. The summed E-state index contributed by atoms with van der Waals surface area (Å²) in [7, 11) is 1.45. The van der Waals surface area contributed by atoms with Gasteiger partial charge in [-0.3, -0.25) is 4.79 Å². The second-order valence-corrected chi connectivity index (χ2v) is 3.69. The lowest BCUT2D eigenvalue weighted by atomic mass is 10.2. The summed E-state index contributed by atoms with van der Waals surface area (Å²) in [6.07, 6.45) is 0. The van der Waals surface area contributed by atoms with Crippen LogP contribution in [0.4, 0.5) is 0 Å². The molecule has 0 radical (unpaired) electrons. The molecule has 1 aromatic rings. The number of rotatable bonds is 4. The minimum atomic E-state index is -1.10. The third-order valence-electron chi connectivity index (χ3n) is 1.95. The van der Waals surface area contributed by atoms with Gasteiger partial charge in [0.1, 0.15) is 5.75 Å². The zero-order valence-electron chi connectivity index (χ0n) is 9.77. The van der Waals surface area contributed by atoms with Crippen LogP contribution >= 0.6 is 11.6 Å². The fourth-order valence-corrected chi connectivity index (χ4v) is 1.26. The van der Waals surface area contributed by atoms with E-state index in [1.54, 1.807) is 12.1 Å². The summed E-state index contributed by atoms with van der Waals surface area (Å²) in [5.41, 5.74) is 5.97. The fourth-order valence-electron chi connectivity index (χ4n) is 1.08. The van der Waals surface area contributed by atoms with E-state index in [0.29, 0.717) is 16.3 Å². The van der Waals surface area contributed by atoms with Gasteiger partial charge in [-0.15, -0.1) is 0 Å². The van der Waals surface area contributed by atoms with Crippen molar-refractivity contribution < 1.29 is 19.2 Å². The minimum absolute atomic E-state index is 0.121. The lowest BCUT2D eigenvalue weighted by Crippen LogP contribution is -2.18. The Morgan fingerprint density at radius 3 is 2.61 bits per heavy atom. The van der Waals surface area contributed by atoms with Crippen molar-refractivity contribution in [2.45, 2.75) is 6.92 Å². The van der Waals surface area contributed by atoms with Gasteiger partial charge < -0.3 is 15.3 Å². The Hall–Kier alpha value is -2.08. The molecule has 6 nitrogen and oxygen atoms in total. The third-order valence-corrected chi connectivity index (χ3v) is 2.19. The Bertz CT molecular complexity index is 514. The monoisotopic (exact) mass is 270 g/mol. The van der Waals surface area contributed by atoms with Gasteiger partial charge in [0, 0.05) is 11.9 Å². The molecular weight excluding hydrogens is 260 g/mol. The van der Waals surface area contributed by atoms with Crippen molar-refractivity contribution >= 4 is 29.2 Å². The molecule has 2 N–H and O–H groups in total. The van der Waals surface area contributed by atoms with Crippen LogP contribution in [0.2, 0.25) is 5.02 Å². The van der Waals surface area contributed by atoms with Crippen molar-refractivity contribution in [3.05, 3.63) is 28.8 Å². The predicted octanol–water partition coefficient (Wildman–Crippen LogP) is 1.10. The highest BCUT2D eigenvalue weighted by atomic mass is 35.5. The van der Waals surface area contributed by atoms with Crippen molar-refractivity contribution in [2.24, 2.45) is 10.9 Å². The Kier molecular flexibility index (Phi) is 4.67. The second-order valence-electron chi connectivity index (χ2n) is 3.26. The van der Waals surface area contributed by atoms with E-state index in [-0.39, 0.29) is 5.84 Å². The van der Waals surface area contributed by atoms with Gasteiger partial charge in [0.05, 0.1) is 12.7 Å². The maximum Gasteiger partial charge on any atom is 0.400 e. The standard InChI is InChI=1S/C11H11ClN2O4/c1-6(15)11(16)18-14-10(13)8-5-7(12)3-4-9(8)17-2/h3-5H,1-2H3,(H2,13,14). The number of oxime groups is 1. The summed E-state index contributed by atoms with van der Waals surface area (Å²) in [4.78, 5) is 25.9. The molecule has 0 bridgehead atoms. The lowest BCUT2D eigenvalue weighted by molar-refractivity contribution is -0.152. The summed E-state index contributed by atoms with van der Waals surface area (Å²) >= 11 is 5.80. The Balaban J connectivity index is 2.99. The predicted molar refractivity (Wildman–Crippen MR) is 65.5 cm³/mol. The molecule has 18 heavy (non-hydrogen) atoms. The van der Waals surface area contributed by atoms with E-state index >= 15 is 0 Å². The molecule has 0 aromatic heterocycles. The van der Waals surface area contributed by atoms with Crippen LogP contribution in [0.5, 0.6) is 5.75 Å². The van der Waals surface area contributed by atoms with E-state index in [1.807, 2.05) is 0 Å². The molecule has 96 valence electrons. The number of nitrogens with zero attached hydrogens (tertiary/aromatic N) is 1. The molecule has 7 heteroatoms. The number of carbonyl (C=O) groups excluding carboxylic acids is 2. The number of amidine groups is 1. The number of ketones is 1. The van der Waals surface area contributed by atoms with Crippen LogP contribution in [0.3, 0.4) is 0 Å². The Morgan fingerprint density at radius 2 is 2.06 bits per heavy atom. The molecule has 0 aliphatic heterocycles. The van der Waals surface area contributed by atoms with Crippen molar-refractivity contribution in [3.8, 4) is 5.75 Å². The number of carbonyl (C=O) groups is 2. The van der Waals surface area contributed by atoms with Gasteiger partial charge in [0.2, 0.25) is 5.78 Å². The molecule has 0 saturated heterocycles. The normalized spacial score (nSPS) is 10.9. The Morgan fingerprint density at radius 1 is 1.39 bits per heavy atom. The summed E-state index contributed by atoms with van der Waals surface area (Å²) in [5.74, 6) is -1.58. The zero-order chi connectivity index (χ0) is 13.7. The van der Waals surface area contributed by atoms with Gasteiger partial charge in [-0.1, -0.05) is 16.8 Å². The van der Waals surface area contributed by atoms with Crippen molar-refractivity contribution in [3.63, 3.8) is 0 Å². The van der Waals surface area contributed by atoms with Crippen LogP contribution in [-0.4, -0.2) is 24.7 Å². The minimum Gasteiger partial charge on any atom is -0.496 e. The average molecular weight is 271 g/mol. The van der Waals surface area contributed by atoms with Crippen LogP contribution in [0.15, 0.2) is 23.4 Å². The summed E-state index contributed by atoms with van der Waals surface area (Å²) in [6, 6.07) is 4.70. The van der Waals surface area contributed by atoms with Gasteiger partial charge in [0.25, 0.3) is 0 Å². The summed E-state index contributed by atoms with van der Waals surface area (Å²) in [6.45, 7) is 1.06. The van der Waals surface area contributed by atoms with Crippen LogP contribution in [0.1, 0.15) is 12.5 Å². The molecule has 0 atom stereocenters. The maximum atomic E-state index is 10.9. The average Bonchev–Trinajstić information content (AvgIpc) is 2.35. The van der Waals surface area contributed by atoms with Gasteiger partial charge in [-0.2, -0.15) is 0 Å². The van der Waals surface area contributed by atoms with Crippen molar-refractivity contribution in [1.82, 2.24) is 0 Å². The summed E-state index contributed by atoms with van der Waals surface area (Å²) < 4.78 is 5.05. The molecule has 0 amide bonds. The van der Waals surface area contributed by atoms with E-state index in [1.165, 1.54) is 13.2 Å². The molecular formula is C11H11ClN2O4. The number of Topliss-reactive ketones (excluding diaryl/α,β-unsaturated/α-hetero) is 1. The van der Waals surface area contributed by atoms with Crippen LogP contribution in [0, 0.1) is 0 Å². The van der Waals surface area contributed by atoms with Gasteiger partial charge >= 0.3 is 5.97 Å². The van der Waals surface area contributed by atoms with Gasteiger partial charge in [-0.05, 0) is 18.2 Å². The molecule has 0 aliphatic rings. The number of hydrogen-bond acceptors (Lipinski definition) is 5. The molecule has 0 fully saturated rings. The first-order valence-electron chi connectivity index (χ1n) is 4.85. The van der Waals surface area contributed by atoms with E-state index in [2.05, 4.69) is 9.99 Å². The number of benzene rings is 1. The van der Waals surface area contributed by atoms with Crippen LogP contribution in [0.25, 0.3) is 0 Å². The molecule has 0 saturated carbocycles. The first kappa shape index (κ1) is 14.0. The summed E-state index contributed by atoms with van der Waals surface area (Å²) in [5, 5.41) is 3.77. The zero-order valence-corrected chi connectivity index (χ0v) is 10.5. The van der Waals surface area contributed by atoms with Crippen LogP contribution < -0.4 is 10.5 Å². The highest BCUT2D eigenvalue weighted by Gasteiger charge is 2.12.